The van der Waals surface area contributed by atoms with Crippen molar-refractivity contribution in [3.63, 3.8) is 0 Å². The molecule has 0 saturated carbocycles. The Kier molecular flexibility index (Phi) is 3.39. The molecule has 7 heteroatoms. The van der Waals surface area contributed by atoms with E-state index in [2.05, 4.69) is 22.7 Å². The third kappa shape index (κ3) is 2.29. The number of nitrogens with one attached hydrogen (secondary N) is 2. The topological polar surface area (TPSA) is 59.0 Å². The van der Waals surface area contributed by atoms with Gasteiger partial charge < -0.3 is 5.32 Å². The van der Waals surface area contributed by atoms with Crippen LogP contribution in [0.15, 0.2) is 17.2 Å². The minimum absolute atomic E-state index is 0.136. The highest BCUT2D eigenvalue weighted by Gasteiger charge is 2.08. The van der Waals surface area contributed by atoms with Crippen LogP contribution in [0.1, 0.15) is 11.8 Å². The number of nitrogens with zero attached hydrogens (tertiary/aromatic N) is 2. The van der Waals surface area contributed by atoms with E-state index in [-0.39, 0.29) is 5.56 Å². The molecule has 0 atom stereocenters. The Labute approximate surface area is 107 Å². The number of hydrogen-bond donors (Lipinski definition) is 2. The highest BCUT2D eigenvalue weighted by Crippen LogP contribution is 2.20. The van der Waals surface area contributed by atoms with E-state index in [1.54, 1.807) is 18.4 Å². The molecule has 0 fully saturated rings. The van der Waals surface area contributed by atoms with Crippen molar-refractivity contribution in [3.8, 4) is 0 Å². The second-order valence-corrected chi connectivity index (χ2v) is 4.92. The lowest BCUT2D eigenvalue weighted by Gasteiger charge is -2.08. The van der Waals surface area contributed by atoms with Gasteiger partial charge in [0.05, 0.1) is 5.39 Å². The predicted molar refractivity (Wildman–Crippen MR) is 74.3 cm³/mol. The van der Waals surface area contributed by atoms with Crippen LogP contribution in [0.2, 0.25) is 0 Å². The fourth-order valence-electron chi connectivity index (χ4n) is 1.39. The van der Waals surface area contributed by atoms with Crippen LogP contribution in [0.4, 0.5) is 0 Å². The molecule has 17 heavy (non-hydrogen) atoms. The van der Waals surface area contributed by atoms with Crippen LogP contribution in [0.25, 0.3) is 10.2 Å². The normalized spacial score (nSPS) is 10.5. The van der Waals surface area contributed by atoms with Crippen molar-refractivity contribution in [1.82, 2.24) is 15.0 Å². The largest absolute Gasteiger partial charge is 0.364 e. The highest BCUT2D eigenvalue weighted by atomic mass is 32.1. The van der Waals surface area contributed by atoms with Gasteiger partial charge in [0.15, 0.2) is 5.11 Å². The number of aryl methyl sites for hydroxylation is 1. The van der Waals surface area contributed by atoms with Crippen molar-refractivity contribution in [3.05, 3.63) is 27.6 Å². The SMILES string of the molecule is CCc1cc2c(=O)n(NC(=S)NC)cnc2s1. The summed E-state index contributed by atoms with van der Waals surface area (Å²) in [7, 11) is 1.69. The highest BCUT2D eigenvalue weighted by molar-refractivity contribution is 7.80. The Bertz CT molecular complexity index is 616. The number of fused-ring (bicyclic) bond motifs is 1. The van der Waals surface area contributed by atoms with Crippen LogP contribution < -0.4 is 16.3 Å². The maximum absolute atomic E-state index is 12.1. The molecule has 0 aromatic carbocycles. The molecule has 0 saturated heterocycles. The van der Waals surface area contributed by atoms with Gasteiger partial charge in [-0.1, -0.05) is 6.92 Å². The molecule has 0 aliphatic heterocycles. The Morgan fingerprint density at radius 2 is 2.41 bits per heavy atom. The number of aromatic nitrogens is 2. The van der Waals surface area contributed by atoms with E-state index in [0.29, 0.717) is 10.5 Å². The number of thiocarbonyl (C=S) groups is 1. The number of hydrogen-bond acceptors (Lipinski definition) is 4. The molecule has 0 aliphatic rings. The minimum Gasteiger partial charge on any atom is -0.364 e. The van der Waals surface area contributed by atoms with Crippen LogP contribution >= 0.6 is 23.6 Å². The first kappa shape index (κ1) is 12.0. The summed E-state index contributed by atoms with van der Waals surface area (Å²) in [6.07, 6.45) is 2.35. The zero-order valence-corrected chi connectivity index (χ0v) is 11.1. The third-order valence-corrected chi connectivity index (χ3v) is 3.78. The van der Waals surface area contributed by atoms with Crippen molar-refractivity contribution in [2.24, 2.45) is 0 Å². The molecule has 0 bridgehead atoms. The summed E-state index contributed by atoms with van der Waals surface area (Å²) in [6, 6.07) is 1.88. The summed E-state index contributed by atoms with van der Waals surface area (Å²) < 4.78 is 1.29. The summed E-state index contributed by atoms with van der Waals surface area (Å²) in [5.74, 6) is 0. The van der Waals surface area contributed by atoms with Crippen LogP contribution in [0.5, 0.6) is 0 Å². The van der Waals surface area contributed by atoms with Crippen molar-refractivity contribution >= 4 is 38.9 Å². The molecular weight excluding hydrogens is 256 g/mol. The van der Waals surface area contributed by atoms with E-state index in [1.165, 1.54) is 11.0 Å². The lowest BCUT2D eigenvalue weighted by Crippen LogP contribution is -2.37. The Hall–Kier alpha value is -1.47. The summed E-state index contributed by atoms with van der Waals surface area (Å²) in [4.78, 5) is 18.2. The molecule has 0 radical (unpaired) electrons. The zero-order valence-electron chi connectivity index (χ0n) is 9.48. The Morgan fingerprint density at radius 3 is 3.06 bits per heavy atom. The van der Waals surface area contributed by atoms with Crippen LogP contribution in [-0.4, -0.2) is 21.8 Å². The van der Waals surface area contributed by atoms with Crippen molar-refractivity contribution in [2.45, 2.75) is 13.3 Å². The van der Waals surface area contributed by atoms with Crippen molar-refractivity contribution < 1.29 is 0 Å². The van der Waals surface area contributed by atoms with Gasteiger partial charge in [0.2, 0.25) is 0 Å². The molecule has 2 aromatic heterocycles. The summed E-state index contributed by atoms with van der Waals surface area (Å²) in [5.41, 5.74) is 2.61. The van der Waals surface area contributed by atoms with Gasteiger partial charge in [-0.3, -0.25) is 10.2 Å². The first-order valence-corrected chi connectivity index (χ1v) is 6.37. The molecule has 0 spiro atoms. The number of thiophene rings is 1. The fraction of sp³-hybridized carbons (Fsp3) is 0.300. The molecule has 0 unspecified atom stereocenters. The molecule has 2 rings (SSSR count). The van der Waals surface area contributed by atoms with Gasteiger partial charge >= 0.3 is 0 Å². The van der Waals surface area contributed by atoms with E-state index < -0.39 is 0 Å². The van der Waals surface area contributed by atoms with Gasteiger partial charge in [-0.25, -0.2) is 9.66 Å². The maximum atomic E-state index is 12.1. The summed E-state index contributed by atoms with van der Waals surface area (Å²) in [5, 5.41) is 3.74. The van der Waals surface area contributed by atoms with Crippen LogP contribution in [0.3, 0.4) is 0 Å². The van der Waals surface area contributed by atoms with Crippen molar-refractivity contribution in [1.29, 1.82) is 0 Å². The van der Waals surface area contributed by atoms with E-state index >= 15 is 0 Å². The van der Waals surface area contributed by atoms with E-state index in [1.807, 2.05) is 6.07 Å². The van der Waals surface area contributed by atoms with Gasteiger partial charge in [-0.2, -0.15) is 0 Å². The molecule has 2 heterocycles. The van der Waals surface area contributed by atoms with E-state index in [9.17, 15) is 4.79 Å². The van der Waals surface area contributed by atoms with Gasteiger partial charge in [0.25, 0.3) is 5.56 Å². The monoisotopic (exact) mass is 268 g/mol. The van der Waals surface area contributed by atoms with Gasteiger partial charge in [-0.05, 0) is 24.7 Å². The Balaban J connectivity index is 2.49. The molecule has 2 N–H and O–H groups in total. The smallest absolute Gasteiger partial charge is 0.280 e. The molecule has 0 aliphatic carbocycles. The second-order valence-electron chi connectivity index (χ2n) is 3.40. The average Bonchev–Trinajstić information content (AvgIpc) is 2.76. The molecule has 0 amide bonds. The van der Waals surface area contributed by atoms with E-state index in [4.69, 9.17) is 12.2 Å². The number of rotatable bonds is 2. The lowest BCUT2D eigenvalue weighted by atomic mass is 10.3. The van der Waals surface area contributed by atoms with Crippen LogP contribution in [0, 0.1) is 0 Å². The predicted octanol–water partition coefficient (Wildman–Crippen LogP) is 1.07. The molecule has 2 aromatic rings. The van der Waals surface area contributed by atoms with E-state index in [0.717, 1.165) is 16.1 Å². The lowest BCUT2D eigenvalue weighted by molar-refractivity contribution is 0.886. The minimum atomic E-state index is -0.136. The summed E-state index contributed by atoms with van der Waals surface area (Å²) in [6.45, 7) is 2.05. The Morgan fingerprint density at radius 1 is 1.65 bits per heavy atom. The van der Waals surface area contributed by atoms with Crippen LogP contribution in [-0.2, 0) is 6.42 Å². The van der Waals surface area contributed by atoms with Gasteiger partial charge in [0.1, 0.15) is 11.2 Å². The standard InChI is InChI=1S/C10H12N4OS2/c1-3-6-4-7-8(17-6)12-5-14(9(7)15)13-10(16)11-2/h4-5H,3H2,1-2H3,(H2,11,13,16). The molecule has 90 valence electrons. The summed E-state index contributed by atoms with van der Waals surface area (Å²) >= 11 is 6.48. The van der Waals surface area contributed by atoms with Crippen molar-refractivity contribution in [2.75, 3.05) is 12.5 Å². The maximum Gasteiger partial charge on any atom is 0.280 e. The molecule has 5 nitrogen and oxygen atoms in total. The second kappa shape index (κ2) is 4.80. The fourth-order valence-corrected chi connectivity index (χ4v) is 2.42. The third-order valence-electron chi connectivity index (χ3n) is 2.30. The van der Waals surface area contributed by atoms with Gasteiger partial charge in [0, 0.05) is 11.9 Å². The first-order chi connectivity index (χ1) is 8.15. The average molecular weight is 268 g/mol. The molecular formula is C10H12N4OS2. The zero-order chi connectivity index (χ0) is 12.4. The van der Waals surface area contributed by atoms with Gasteiger partial charge in [-0.15, -0.1) is 11.3 Å². The first-order valence-electron chi connectivity index (χ1n) is 5.14. The quantitative estimate of drug-likeness (QED) is 0.798.